The van der Waals surface area contributed by atoms with Crippen LogP contribution in [0.4, 0.5) is 0 Å². The molecular formula is C20H39NO5. The number of nitrogens with two attached hydrogens (primary N) is 1. The van der Waals surface area contributed by atoms with E-state index in [0.29, 0.717) is 26.4 Å². The van der Waals surface area contributed by atoms with Gasteiger partial charge in [0.2, 0.25) is 5.91 Å². The molecule has 1 heterocycles. The Morgan fingerprint density at radius 3 is 2.12 bits per heavy atom. The van der Waals surface area contributed by atoms with Crippen molar-refractivity contribution in [3.05, 3.63) is 0 Å². The number of unbranched alkanes of at least 4 members (excludes halogenated alkanes) is 3. The molecule has 1 aliphatic rings. The fraction of sp³-hybridized carbons (Fsp3) is 0.950. The summed E-state index contributed by atoms with van der Waals surface area (Å²) in [5.41, 5.74) is 5.44. The molecule has 0 bridgehead atoms. The van der Waals surface area contributed by atoms with Gasteiger partial charge in [0.25, 0.3) is 0 Å². The Labute approximate surface area is 159 Å². The van der Waals surface area contributed by atoms with Crippen molar-refractivity contribution in [3.63, 3.8) is 0 Å². The Morgan fingerprint density at radius 1 is 0.962 bits per heavy atom. The Morgan fingerprint density at radius 2 is 1.54 bits per heavy atom. The number of amides is 1. The number of carbonyl (C=O) groups excluding carboxylic acids is 1. The van der Waals surface area contributed by atoms with E-state index in [9.17, 15) is 4.79 Å². The van der Waals surface area contributed by atoms with Crippen LogP contribution in [-0.2, 0) is 23.7 Å². The number of primary amides is 1. The molecule has 0 aromatic carbocycles. The fourth-order valence-corrected chi connectivity index (χ4v) is 3.10. The second-order valence-electron chi connectivity index (χ2n) is 7.11. The van der Waals surface area contributed by atoms with Gasteiger partial charge in [0.1, 0.15) is 12.2 Å². The second kappa shape index (κ2) is 14.4. The molecule has 0 aromatic rings. The molecule has 0 radical (unpaired) electrons. The molecule has 154 valence electrons. The number of carbonyl (C=O) groups is 1. The SMILES string of the molecule is CCCCOC[C@H]1OC[C@@H](CC(N)=O)[C@@H](OCCCC)[C@H]1OCCCC. The molecule has 2 N–H and O–H groups in total. The number of hydrogen-bond donors (Lipinski definition) is 1. The fourth-order valence-electron chi connectivity index (χ4n) is 3.10. The van der Waals surface area contributed by atoms with Crippen LogP contribution in [0, 0.1) is 5.92 Å². The third-order valence-electron chi connectivity index (χ3n) is 4.68. The third-order valence-corrected chi connectivity index (χ3v) is 4.68. The average molecular weight is 374 g/mol. The summed E-state index contributed by atoms with van der Waals surface area (Å²) in [6.07, 6.45) is 5.93. The molecule has 0 saturated carbocycles. The number of ether oxygens (including phenoxy) is 4. The van der Waals surface area contributed by atoms with Gasteiger partial charge in [-0.25, -0.2) is 0 Å². The van der Waals surface area contributed by atoms with E-state index in [1.807, 2.05) is 0 Å². The van der Waals surface area contributed by atoms with Crippen LogP contribution in [0.15, 0.2) is 0 Å². The van der Waals surface area contributed by atoms with E-state index in [-0.39, 0.29) is 36.6 Å². The third kappa shape index (κ3) is 8.80. The highest BCUT2D eigenvalue weighted by atomic mass is 16.6. The molecule has 6 nitrogen and oxygen atoms in total. The molecule has 6 heteroatoms. The first kappa shape index (κ1) is 23.3. The summed E-state index contributed by atoms with van der Waals surface area (Å²) >= 11 is 0. The van der Waals surface area contributed by atoms with E-state index >= 15 is 0 Å². The molecule has 1 rings (SSSR count). The minimum atomic E-state index is -0.326. The monoisotopic (exact) mass is 373 g/mol. The molecular weight excluding hydrogens is 334 g/mol. The van der Waals surface area contributed by atoms with Crippen LogP contribution < -0.4 is 5.73 Å². The highest BCUT2D eigenvalue weighted by Gasteiger charge is 2.42. The summed E-state index contributed by atoms with van der Waals surface area (Å²) in [6, 6.07) is 0. The van der Waals surface area contributed by atoms with Gasteiger partial charge in [0.15, 0.2) is 0 Å². The summed E-state index contributed by atoms with van der Waals surface area (Å²) in [5.74, 6) is -0.393. The minimum Gasteiger partial charge on any atom is -0.379 e. The highest BCUT2D eigenvalue weighted by molar-refractivity contribution is 5.74. The highest BCUT2D eigenvalue weighted by Crippen LogP contribution is 2.29. The lowest BCUT2D eigenvalue weighted by molar-refractivity contribution is -0.213. The van der Waals surface area contributed by atoms with E-state index < -0.39 is 0 Å². The van der Waals surface area contributed by atoms with Gasteiger partial charge in [-0.05, 0) is 19.3 Å². The minimum absolute atomic E-state index is 0.0668. The van der Waals surface area contributed by atoms with Crippen LogP contribution in [0.5, 0.6) is 0 Å². The second-order valence-corrected chi connectivity index (χ2v) is 7.11. The van der Waals surface area contributed by atoms with Gasteiger partial charge < -0.3 is 24.7 Å². The summed E-state index contributed by atoms with van der Waals surface area (Å²) in [5, 5.41) is 0. The van der Waals surface area contributed by atoms with Gasteiger partial charge in [-0.2, -0.15) is 0 Å². The van der Waals surface area contributed by atoms with Crippen LogP contribution in [0.3, 0.4) is 0 Å². The zero-order chi connectivity index (χ0) is 19.2. The van der Waals surface area contributed by atoms with Crippen molar-refractivity contribution in [1.29, 1.82) is 0 Å². The van der Waals surface area contributed by atoms with Gasteiger partial charge in [-0.15, -0.1) is 0 Å². The smallest absolute Gasteiger partial charge is 0.217 e. The van der Waals surface area contributed by atoms with Gasteiger partial charge in [-0.3, -0.25) is 4.79 Å². The van der Waals surface area contributed by atoms with E-state index in [1.54, 1.807) is 0 Å². The van der Waals surface area contributed by atoms with Crippen molar-refractivity contribution < 1.29 is 23.7 Å². The predicted octanol–water partition coefficient (Wildman–Crippen LogP) is 3.06. The van der Waals surface area contributed by atoms with Crippen LogP contribution >= 0.6 is 0 Å². The quantitative estimate of drug-likeness (QED) is 0.446. The molecule has 26 heavy (non-hydrogen) atoms. The predicted molar refractivity (Wildman–Crippen MR) is 102 cm³/mol. The van der Waals surface area contributed by atoms with Crippen LogP contribution in [0.25, 0.3) is 0 Å². The maximum atomic E-state index is 11.5. The Hall–Kier alpha value is -0.690. The average Bonchev–Trinajstić information content (AvgIpc) is 2.61. The lowest BCUT2D eigenvalue weighted by atomic mass is 9.89. The number of rotatable bonds is 15. The summed E-state index contributed by atoms with van der Waals surface area (Å²) in [6.45, 7) is 9.40. The molecule has 4 atom stereocenters. The molecule has 0 spiro atoms. The zero-order valence-corrected chi connectivity index (χ0v) is 16.9. The topological polar surface area (TPSA) is 80.0 Å². The molecule has 1 saturated heterocycles. The largest absolute Gasteiger partial charge is 0.379 e. The molecule has 0 unspecified atom stereocenters. The normalized spacial score (nSPS) is 26.1. The van der Waals surface area contributed by atoms with Gasteiger partial charge in [-0.1, -0.05) is 40.0 Å². The molecule has 0 aliphatic carbocycles. The molecule has 1 amide bonds. The van der Waals surface area contributed by atoms with Crippen LogP contribution in [0.2, 0.25) is 0 Å². The maximum Gasteiger partial charge on any atom is 0.217 e. The standard InChI is InChI=1S/C20H39NO5/c1-4-7-10-23-15-17-20(25-12-9-6-3)19(24-11-8-5-2)16(14-26-17)13-18(21)22/h16-17,19-20H,4-15H2,1-3H3,(H2,21,22)/t16-,17-,19-,20+/m1/s1. The summed E-state index contributed by atoms with van der Waals surface area (Å²) < 4.78 is 24.1. The van der Waals surface area contributed by atoms with Crippen molar-refractivity contribution in [2.45, 2.75) is 84.0 Å². The summed E-state index contributed by atoms with van der Waals surface area (Å²) in [7, 11) is 0. The Bertz CT molecular complexity index is 366. The van der Waals surface area contributed by atoms with Gasteiger partial charge in [0.05, 0.1) is 19.3 Å². The Kier molecular flexibility index (Phi) is 12.9. The van der Waals surface area contributed by atoms with Gasteiger partial charge in [0, 0.05) is 32.2 Å². The van der Waals surface area contributed by atoms with Crippen LogP contribution in [0.1, 0.15) is 65.7 Å². The van der Waals surface area contributed by atoms with E-state index in [2.05, 4.69) is 20.8 Å². The lowest BCUT2D eigenvalue weighted by Gasteiger charge is -2.42. The van der Waals surface area contributed by atoms with Crippen molar-refractivity contribution in [3.8, 4) is 0 Å². The van der Waals surface area contributed by atoms with E-state index in [4.69, 9.17) is 24.7 Å². The first-order valence-electron chi connectivity index (χ1n) is 10.3. The van der Waals surface area contributed by atoms with Crippen LogP contribution in [-0.4, -0.2) is 57.3 Å². The molecule has 1 aliphatic heterocycles. The van der Waals surface area contributed by atoms with E-state index in [1.165, 1.54) is 0 Å². The Balaban J connectivity index is 2.77. The summed E-state index contributed by atoms with van der Waals surface area (Å²) in [4.78, 5) is 11.5. The van der Waals surface area contributed by atoms with Crippen molar-refractivity contribution in [2.24, 2.45) is 11.7 Å². The maximum absolute atomic E-state index is 11.5. The van der Waals surface area contributed by atoms with E-state index in [0.717, 1.165) is 45.1 Å². The molecule has 1 fully saturated rings. The number of hydrogen-bond acceptors (Lipinski definition) is 5. The first-order valence-corrected chi connectivity index (χ1v) is 10.3. The lowest BCUT2D eigenvalue weighted by Crippen LogP contribution is -2.55. The van der Waals surface area contributed by atoms with Crippen molar-refractivity contribution >= 4 is 5.91 Å². The van der Waals surface area contributed by atoms with Crippen molar-refractivity contribution in [1.82, 2.24) is 0 Å². The van der Waals surface area contributed by atoms with Gasteiger partial charge >= 0.3 is 0 Å². The van der Waals surface area contributed by atoms with Crippen molar-refractivity contribution in [2.75, 3.05) is 33.0 Å². The first-order chi connectivity index (χ1) is 12.6. The zero-order valence-electron chi connectivity index (χ0n) is 16.9. The molecule has 0 aromatic heterocycles.